The molecule has 0 aliphatic carbocycles. The Morgan fingerprint density at radius 1 is 1.19 bits per heavy atom. The van der Waals surface area contributed by atoms with Crippen molar-refractivity contribution in [1.29, 1.82) is 0 Å². The molecule has 2 fully saturated rings. The van der Waals surface area contributed by atoms with Crippen LogP contribution >= 0.6 is 0 Å². The molecule has 1 aromatic heterocycles. The van der Waals surface area contributed by atoms with Crippen molar-refractivity contribution in [3.63, 3.8) is 0 Å². The maximum Gasteiger partial charge on any atom is 0.266 e. The summed E-state index contributed by atoms with van der Waals surface area (Å²) in [6.45, 7) is 5.38. The van der Waals surface area contributed by atoms with E-state index in [1.165, 1.54) is 4.68 Å². The average Bonchev–Trinajstić information content (AvgIpc) is 2.45. The lowest BCUT2D eigenvalue weighted by molar-refractivity contribution is -0.133. The summed E-state index contributed by atoms with van der Waals surface area (Å²) in [5.41, 5.74) is -0.0325. The molecular formula is C15H22N4O2. The van der Waals surface area contributed by atoms with Gasteiger partial charge in [-0.15, -0.1) is 0 Å². The zero-order valence-corrected chi connectivity index (χ0v) is 12.3. The van der Waals surface area contributed by atoms with Crippen LogP contribution in [0, 0.1) is 5.92 Å². The van der Waals surface area contributed by atoms with Crippen LogP contribution in [0.25, 0.3) is 0 Å². The highest BCUT2D eigenvalue weighted by molar-refractivity contribution is 5.76. The lowest BCUT2D eigenvalue weighted by Gasteiger charge is -2.40. The largest absolute Gasteiger partial charge is 0.341 e. The number of aromatic nitrogens is 2. The molecule has 114 valence electrons. The summed E-state index contributed by atoms with van der Waals surface area (Å²) in [5, 5.41) is 4.09. The molecule has 3 heterocycles. The molecule has 0 N–H and O–H groups in total. The van der Waals surface area contributed by atoms with Crippen LogP contribution in [0.3, 0.4) is 0 Å². The summed E-state index contributed by atoms with van der Waals surface area (Å²) in [4.78, 5) is 27.6. The van der Waals surface area contributed by atoms with Crippen molar-refractivity contribution in [2.45, 2.75) is 25.8 Å². The van der Waals surface area contributed by atoms with E-state index in [9.17, 15) is 9.59 Å². The van der Waals surface area contributed by atoms with Crippen molar-refractivity contribution < 1.29 is 4.79 Å². The first-order valence-electron chi connectivity index (χ1n) is 7.74. The Labute approximate surface area is 124 Å². The Kier molecular flexibility index (Phi) is 4.34. The van der Waals surface area contributed by atoms with Crippen LogP contribution < -0.4 is 5.56 Å². The molecule has 6 heteroatoms. The summed E-state index contributed by atoms with van der Waals surface area (Å²) in [5.74, 6) is 0.799. The van der Waals surface area contributed by atoms with Crippen LogP contribution in [0.5, 0.6) is 0 Å². The second-order valence-corrected chi connectivity index (χ2v) is 6.01. The minimum atomic E-state index is -0.0325. The topological polar surface area (TPSA) is 58.4 Å². The van der Waals surface area contributed by atoms with Crippen molar-refractivity contribution in [3.8, 4) is 0 Å². The molecule has 2 aliphatic heterocycles. The van der Waals surface area contributed by atoms with E-state index in [0.717, 1.165) is 45.6 Å². The quantitative estimate of drug-likeness (QED) is 0.776. The molecule has 0 spiro atoms. The standard InChI is InChI=1S/C15H22N4O2/c20-14-4-1-2-7-18(14)9-8-17-10-13(11-17)12-19-15(21)5-3-6-16-19/h3,5-6,13H,1-2,4,7-12H2. The van der Waals surface area contributed by atoms with Gasteiger partial charge in [0, 0.05) is 57.3 Å². The van der Waals surface area contributed by atoms with Gasteiger partial charge < -0.3 is 9.80 Å². The predicted octanol–water partition coefficient (Wildman–Crippen LogP) is 0.188. The SMILES string of the molecule is O=C1CCCCN1CCN1CC(Cn2ncccc2=O)C1. The summed E-state index contributed by atoms with van der Waals surface area (Å²) >= 11 is 0. The highest BCUT2D eigenvalue weighted by atomic mass is 16.2. The van der Waals surface area contributed by atoms with Crippen LogP contribution in [-0.2, 0) is 11.3 Å². The number of piperidine rings is 1. The van der Waals surface area contributed by atoms with Gasteiger partial charge in [-0.25, -0.2) is 4.68 Å². The lowest BCUT2D eigenvalue weighted by atomic mass is 10.0. The van der Waals surface area contributed by atoms with Gasteiger partial charge in [-0.2, -0.15) is 5.10 Å². The Bertz CT molecular complexity index is 551. The molecule has 2 saturated heterocycles. The smallest absolute Gasteiger partial charge is 0.266 e. The molecule has 0 saturated carbocycles. The highest BCUT2D eigenvalue weighted by Crippen LogP contribution is 2.17. The third-order valence-electron chi connectivity index (χ3n) is 4.36. The van der Waals surface area contributed by atoms with E-state index in [1.54, 1.807) is 18.3 Å². The summed E-state index contributed by atoms with van der Waals surface area (Å²) in [6.07, 6.45) is 4.54. The molecule has 6 nitrogen and oxygen atoms in total. The minimum absolute atomic E-state index is 0.0325. The van der Waals surface area contributed by atoms with Gasteiger partial charge in [-0.1, -0.05) is 0 Å². The van der Waals surface area contributed by atoms with Crippen molar-refractivity contribution in [2.24, 2.45) is 5.92 Å². The van der Waals surface area contributed by atoms with Crippen LogP contribution in [0.15, 0.2) is 23.1 Å². The number of nitrogens with zero attached hydrogens (tertiary/aromatic N) is 4. The summed E-state index contributed by atoms with van der Waals surface area (Å²) in [7, 11) is 0. The maximum absolute atomic E-state index is 11.7. The Hall–Kier alpha value is -1.69. The number of carbonyl (C=O) groups excluding carboxylic acids is 1. The molecule has 1 amide bonds. The molecule has 1 aromatic rings. The number of hydrogen-bond acceptors (Lipinski definition) is 4. The third kappa shape index (κ3) is 3.50. The second-order valence-electron chi connectivity index (χ2n) is 6.01. The third-order valence-corrected chi connectivity index (χ3v) is 4.36. The van der Waals surface area contributed by atoms with Gasteiger partial charge in [0.25, 0.3) is 5.56 Å². The van der Waals surface area contributed by atoms with Gasteiger partial charge in [-0.05, 0) is 18.9 Å². The summed E-state index contributed by atoms with van der Waals surface area (Å²) in [6, 6.07) is 3.22. The van der Waals surface area contributed by atoms with E-state index in [1.807, 2.05) is 4.90 Å². The number of likely N-dealkylation sites (tertiary alicyclic amines) is 2. The summed E-state index contributed by atoms with van der Waals surface area (Å²) < 4.78 is 1.54. The van der Waals surface area contributed by atoms with Crippen LogP contribution in [-0.4, -0.2) is 58.2 Å². The minimum Gasteiger partial charge on any atom is -0.341 e. The fourth-order valence-corrected chi connectivity index (χ4v) is 3.10. The first kappa shape index (κ1) is 14.3. The molecule has 3 rings (SSSR count). The van der Waals surface area contributed by atoms with Gasteiger partial charge in [0.2, 0.25) is 5.91 Å². The van der Waals surface area contributed by atoms with E-state index in [2.05, 4.69) is 10.00 Å². The number of hydrogen-bond donors (Lipinski definition) is 0. The van der Waals surface area contributed by atoms with Crippen molar-refractivity contribution in [1.82, 2.24) is 19.6 Å². The first-order valence-corrected chi connectivity index (χ1v) is 7.74. The van der Waals surface area contributed by atoms with Gasteiger partial charge in [0.1, 0.15) is 0 Å². The Morgan fingerprint density at radius 3 is 2.81 bits per heavy atom. The van der Waals surface area contributed by atoms with E-state index < -0.39 is 0 Å². The van der Waals surface area contributed by atoms with Crippen molar-refractivity contribution in [2.75, 3.05) is 32.7 Å². The van der Waals surface area contributed by atoms with Gasteiger partial charge >= 0.3 is 0 Å². The van der Waals surface area contributed by atoms with Crippen LogP contribution in [0.2, 0.25) is 0 Å². The average molecular weight is 290 g/mol. The molecule has 0 unspecified atom stereocenters. The Balaban J connectivity index is 1.39. The fourth-order valence-electron chi connectivity index (χ4n) is 3.10. The van der Waals surface area contributed by atoms with Crippen molar-refractivity contribution in [3.05, 3.63) is 28.7 Å². The number of amides is 1. The number of carbonyl (C=O) groups is 1. The predicted molar refractivity (Wildman–Crippen MR) is 78.9 cm³/mol. The molecule has 0 aromatic carbocycles. The maximum atomic E-state index is 11.7. The first-order chi connectivity index (χ1) is 10.2. The Morgan fingerprint density at radius 2 is 2.05 bits per heavy atom. The lowest BCUT2D eigenvalue weighted by Crippen LogP contribution is -2.52. The van der Waals surface area contributed by atoms with E-state index in [-0.39, 0.29) is 5.56 Å². The van der Waals surface area contributed by atoms with E-state index in [0.29, 0.717) is 24.8 Å². The molecule has 0 radical (unpaired) electrons. The van der Waals surface area contributed by atoms with Crippen LogP contribution in [0.1, 0.15) is 19.3 Å². The van der Waals surface area contributed by atoms with E-state index >= 15 is 0 Å². The zero-order chi connectivity index (χ0) is 14.7. The van der Waals surface area contributed by atoms with Crippen LogP contribution in [0.4, 0.5) is 0 Å². The second kappa shape index (κ2) is 6.39. The molecule has 2 aliphatic rings. The van der Waals surface area contributed by atoms with Gasteiger partial charge in [0.15, 0.2) is 0 Å². The molecule has 21 heavy (non-hydrogen) atoms. The normalized spacial score (nSPS) is 20.6. The van der Waals surface area contributed by atoms with E-state index in [4.69, 9.17) is 0 Å². The zero-order valence-electron chi connectivity index (χ0n) is 12.3. The number of rotatable bonds is 5. The fraction of sp³-hybridized carbons (Fsp3) is 0.667. The molecule has 0 bridgehead atoms. The molecule has 0 atom stereocenters. The van der Waals surface area contributed by atoms with Gasteiger partial charge in [-0.3, -0.25) is 9.59 Å². The van der Waals surface area contributed by atoms with Crippen molar-refractivity contribution >= 4 is 5.91 Å². The van der Waals surface area contributed by atoms with Gasteiger partial charge in [0.05, 0.1) is 6.54 Å². The monoisotopic (exact) mass is 290 g/mol. The highest BCUT2D eigenvalue weighted by Gasteiger charge is 2.28. The molecular weight excluding hydrogens is 268 g/mol.